The molecule has 1 unspecified atom stereocenters. The van der Waals surface area contributed by atoms with Crippen LogP contribution in [0.4, 0.5) is 0 Å². The third-order valence-electron chi connectivity index (χ3n) is 3.25. The lowest BCUT2D eigenvalue weighted by Gasteiger charge is -2.05. The second-order valence-electron chi connectivity index (χ2n) is 4.20. The van der Waals surface area contributed by atoms with Crippen LogP contribution in [0, 0.1) is 6.92 Å². The lowest BCUT2D eigenvalue weighted by Crippen LogP contribution is -2.08. The molecule has 3 rings (SSSR count). The molecule has 3 nitrogen and oxygen atoms in total. The van der Waals surface area contributed by atoms with E-state index >= 15 is 0 Å². The summed E-state index contributed by atoms with van der Waals surface area (Å²) in [5.74, 6) is 0.602. The van der Waals surface area contributed by atoms with Gasteiger partial charge in [-0.05, 0) is 32.0 Å². The summed E-state index contributed by atoms with van der Waals surface area (Å²) >= 11 is 0. The molecular formula is C12H15N3. The lowest BCUT2D eigenvalue weighted by molar-refractivity contribution is 0.734. The molecule has 0 spiro atoms. The van der Waals surface area contributed by atoms with E-state index in [-0.39, 0.29) is 0 Å². The largest absolute Gasteiger partial charge is 0.316 e. The second-order valence-corrected chi connectivity index (χ2v) is 4.20. The fourth-order valence-electron chi connectivity index (χ4n) is 2.41. The number of fused-ring (bicyclic) bond motifs is 1. The molecule has 1 saturated heterocycles. The summed E-state index contributed by atoms with van der Waals surface area (Å²) < 4.78 is 2.17. The highest BCUT2D eigenvalue weighted by Gasteiger charge is 2.21. The smallest absolute Gasteiger partial charge is 0.137 e. The second kappa shape index (κ2) is 3.35. The summed E-state index contributed by atoms with van der Waals surface area (Å²) in [6.07, 6.45) is 3.30. The first-order valence-electron chi connectivity index (χ1n) is 5.50. The van der Waals surface area contributed by atoms with E-state index in [2.05, 4.69) is 35.0 Å². The summed E-state index contributed by atoms with van der Waals surface area (Å²) in [6, 6.07) is 6.16. The Balaban J connectivity index is 2.14. The van der Waals surface area contributed by atoms with Gasteiger partial charge < -0.3 is 9.72 Å². The van der Waals surface area contributed by atoms with Crippen molar-refractivity contribution in [3.8, 4) is 0 Å². The molecule has 78 valence electrons. The van der Waals surface area contributed by atoms with Gasteiger partial charge in [0, 0.05) is 24.4 Å². The Bertz CT molecular complexity index is 481. The maximum absolute atomic E-state index is 4.72. The number of pyridine rings is 1. The van der Waals surface area contributed by atoms with Crippen LogP contribution in [-0.4, -0.2) is 22.5 Å². The van der Waals surface area contributed by atoms with Crippen molar-refractivity contribution in [2.45, 2.75) is 19.3 Å². The van der Waals surface area contributed by atoms with Crippen LogP contribution in [0.25, 0.3) is 5.65 Å². The van der Waals surface area contributed by atoms with Crippen LogP contribution in [0.5, 0.6) is 0 Å². The van der Waals surface area contributed by atoms with E-state index in [9.17, 15) is 0 Å². The van der Waals surface area contributed by atoms with E-state index < -0.39 is 0 Å². The number of aromatic nitrogens is 2. The third kappa shape index (κ3) is 1.35. The van der Waals surface area contributed by atoms with Gasteiger partial charge >= 0.3 is 0 Å². The molecule has 2 aromatic heterocycles. The van der Waals surface area contributed by atoms with Crippen LogP contribution in [0.1, 0.15) is 23.7 Å². The Morgan fingerprint density at radius 3 is 3.13 bits per heavy atom. The minimum absolute atomic E-state index is 0.602. The Labute approximate surface area is 89.1 Å². The molecule has 0 saturated carbocycles. The van der Waals surface area contributed by atoms with Gasteiger partial charge in [0.25, 0.3) is 0 Å². The van der Waals surface area contributed by atoms with Crippen LogP contribution in [0.3, 0.4) is 0 Å². The van der Waals surface area contributed by atoms with Gasteiger partial charge in [-0.25, -0.2) is 4.98 Å². The van der Waals surface area contributed by atoms with E-state index in [4.69, 9.17) is 4.98 Å². The van der Waals surface area contributed by atoms with Crippen molar-refractivity contribution in [2.75, 3.05) is 13.1 Å². The standard InChI is InChI=1S/C12H15N3/c1-9-12(10-5-6-13-8-10)14-11-4-2-3-7-15(9)11/h2-4,7,10,13H,5-6,8H2,1H3. The number of aryl methyl sites for hydroxylation is 1. The summed E-state index contributed by atoms with van der Waals surface area (Å²) in [4.78, 5) is 4.72. The Morgan fingerprint density at radius 2 is 2.40 bits per heavy atom. The van der Waals surface area contributed by atoms with Crippen LogP contribution >= 0.6 is 0 Å². The monoisotopic (exact) mass is 201 g/mol. The Kier molecular flexibility index (Phi) is 1.99. The van der Waals surface area contributed by atoms with Crippen LogP contribution in [0.2, 0.25) is 0 Å². The van der Waals surface area contributed by atoms with Crippen molar-refractivity contribution in [2.24, 2.45) is 0 Å². The molecule has 1 aliphatic rings. The van der Waals surface area contributed by atoms with Crippen molar-refractivity contribution < 1.29 is 0 Å². The van der Waals surface area contributed by atoms with Gasteiger partial charge in [0.15, 0.2) is 0 Å². The average Bonchev–Trinajstić information content (AvgIpc) is 2.87. The van der Waals surface area contributed by atoms with E-state index in [1.54, 1.807) is 0 Å². The molecule has 1 fully saturated rings. The van der Waals surface area contributed by atoms with Crippen LogP contribution in [-0.2, 0) is 0 Å². The number of nitrogens with one attached hydrogen (secondary N) is 1. The maximum atomic E-state index is 4.72. The first-order valence-corrected chi connectivity index (χ1v) is 5.50. The molecule has 3 heteroatoms. The van der Waals surface area contributed by atoms with Gasteiger partial charge in [-0.15, -0.1) is 0 Å². The van der Waals surface area contributed by atoms with Crippen LogP contribution in [0.15, 0.2) is 24.4 Å². The zero-order chi connectivity index (χ0) is 10.3. The fourth-order valence-corrected chi connectivity index (χ4v) is 2.41. The molecule has 2 aromatic rings. The summed E-state index contributed by atoms with van der Waals surface area (Å²) in [5, 5.41) is 3.39. The van der Waals surface area contributed by atoms with Gasteiger partial charge in [0.05, 0.1) is 5.69 Å². The topological polar surface area (TPSA) is 29.3 Å². The molecular weight excluding hydrogens is 186 g/mol. The third-order valence-corrected chi connectivity index (χ3v) is 3.25. The minimum atomic E-state index is 0.602. The Hall–Kier alpha value is -1.35. The SMILES string of the molecule is Cc1c(C2CCNC2)nc2ccccn12. The molecule has 1 atom stereocenters. The van der Waals surface area contributed by atoms with Gasteiger partial charge in [0.1, 0.15) is 5.65 Å². The maximum Gasteiger partial charge on any atom is 0.137 e. The number of imidazole rings is 1. The molecule has 0 aromatic carbocycles. The zero-order valence-corrected chi connectivity index (χ0v) is 8.90. The van der Waals surface area contributed by atoms with E-state index in [1.807, 2.05) is 6.07 Å². The van der Waals surface area contributed by atoms with Gasteiger partial charge in [-0.2, -0.15) is 0 Å². The van der Waals surface area contributed by atoms with Crippen molar-refractivity contribution >= 4 is 5.65 Å². The molecule has 1 N–H and O–H groups in total. The zero-order valence-electron chi connectivity index (χ0n) is 8.90. The molecule has 0 radical (unpaired) electrons. The predicted molar refractivity (Wildman–Crippen MR) is 60.2 cm³/mol. The fraction of sp³-hybridized carbons (Fsp3) is 0.417. The normalized spacial score (nSPS) is 21.3. The highest BCUT2D eigenvalue weighted by atomic mass is 15.0. The summed E-state index contributed by atoms with van der Waals surface area (Å²) in [7, 11) is 0. The molecule has 3 heterocycles. The van der Waals surface area contributed by atoms with E-state index in [0.29, 0.717) is 5.92 Å². The molecule has 0 aliphatic carbocycles. The van der Waals surface area contributed by atoms with Gasteiger partial charge in [-0.3, -0.25) is 0 Å². The first-order chi connectivity index (χ1) is 7.36. The highest BCUT2D eigenvalue weighted by Crippen LogP contribution is 2.25. The summed E-state index contributed by atoms with van der Waals surface area (Å²) in [6.45, 7) is 4.36. The van der Waals surface area contributed by atoms with Crippen molar-refractivity contribution in [3.63, 3.8) is 0 Å². The Morgan fingerprint density at radius 1 is 1.47 bits per heavy atom. The number of hydrogen-bond donors (Lipinski definition) is 1. The lowest BCUT2D eigenvalue weighted by atomic mass is 10.0. The minimum Gasteiger partial charge on any atom is -0.316 e. The van der Waals surface area contributed by atoms with E-state index in [0.717, 1.165) is 18.7 Å². The number of rotatable bonds is 1. The average molecular weight is 201 g/mol. The van der Waals surface area contributed by atoms with Crippen molar-refractivity contribution in [1.82, 2.24) is 14.7 Å². The van der Waals surface area contributed by atoms with Crippen molar-refractivity contribution in [3.05, 3.63) is 35.8 Å². The number of nitrogens with zero attached hydrogens (tertiary/aromatic N) is 2. The van der Waals surface area contributed by atoms with E-state index in [1.165, 1.54) is 17.8 Å². The quantitative estimate of drug-likeness (QED) is 0.761. The van der Waals surface area contributed by atoms with Crippen molar-refractivity contribution in [1.29, 1.82) is 0 Å². The van der Waals surface area contributed by atoms with Crippen LogP contribution < -0.4 is 5.32 Å². The molecule has 0 bridgehead atoms. The predicted octanol–water partition coefficient (Wildman–Crippen LogP) is 1.72. The first kappa shape index (κ1) is 8.92. The molecule has 15 heavy (non-hydrogen) atoms. The highest BCUT2D eigenvalue weighted by molar-refractivity contribution is 5.43. The molecule has 1 aliphatic heterocycles. The summed E-state index contributed by atoms with van der Waals surface area (Å²) in [5.41, 5.74) is 3.63. The molecule has 0 amide bonds. The van der Waals surface area contributed by atoms with Gasteiger partial charge in [0.2, 0.25) is 0 Å². The number of hydrogen-bond acceptors (Lipinski definition) is 2. The van der Waals surface area contributed by atoms with Gasteiger partial charge in [-0.1, -0.05) is 6.07 Å².